The molecule has 1 heterocycles. The van der Waals surface area contributed by atoms with E-state index < -0.39 is 0 Å². The van der Waals surface area contributed by atoms with Crippen LogP contribution in [0.4, 0.5) is 5.69 Å². The topological polar surface area (TPSA) is 39.1 Å². The average molecular weight is 271 g/mol. The fraction of sp³-hybridized carbons (Fsp3) is 0.588. The van der Waals surface area contributed by atoms with Crippen LogP contribution in [0.5, 0.6) is 0 Å². The lowest BCUT2D eigenvalue weighted by atomic mass is 10.1. The van der Waals surface area contributed by atoms with Crippen LogP contribution in [0.25, 0.3) is 0 Å². The number of nitrogens with one attached hydrogen (secondary N) is 1. The second-order valence-electron chi connectivity index (χ2n) is 5.54. The molecule has 2 rings (SSSR count). The molecule has 0 saturated carbocycles. The van der Waals surface area contributed by atoms with Crippen molar-refractivity contribution in [3.63, 3.8) is 0 Å². The first-order chi connectivity index (χ1) is 9.85. The number of rotatable bonds is 5. The van der Waals surface area contributed by atoms with Crippen LogP contribution in [-0.2, 0) is 6.54 Å². The van der Waals surface area contributed by atoms with Crippen molar-refractivity contribution in [1.29, 1.82) is 5.26 Å². The van der Waals surface area contributed by atoms with E-state index in [1.54, 1.807) is 0 Å². The fourth-order valence-corrected chi connectivity index (χ4v) is 2.78. The molecule has 0 radical (unpaired) electrons. The van der Waals surface area contributed by atoms with Gasteiger partial charge in [-0.3, -0.25) is 0 Å². The van der Waals surface area contributed by atoms with Gasteiger partial charge in [0.05, 0.1) is 11.3 Å². The van der Waals surface area contributed by atoms with Crippen LogP contribution in [0.3, 0.4) is 0 Å². The van der Waals surface area contributed by atoms with E-state index in [0.717, 1.165) is 43.9 Å². The lowest BCUT2D eigenvalue weighted by Crippen LogP contribution is -2.25. The van der Waals surface area contributed by atoms with Gasteiger partial charge >= 0.3 is 0 Å². The molecule has 0 spiro atoms. The highest BCUT2D eigenvalue weighted by Gasteiger charge is 2.13. The highest BCUT2D eigenvalue weighted by molar-refractivity contribution is 5.60. The van der Waals surface area contributed by atoms with Gasteiger partial charge in [-0.1, -0.05) is 25.8 Å². The summed E-state index contributed by atoms with van der Waals surface area (Å²) in [5.74, 6) is 0. The second-order valence-corrected chi connectivity index (χ2v) is 5.54. The van der Waals surface area contributed by atoms with Crippen molar-refractivity contribution in [2.24, 2.45) is 0 Å². The van der Waals surface area contributed by atoms with Gasteiger partial charge in [0.25, 0.3) is 0 Å². The Morgan fingerprint density at radius 1 is 1.20 bits per heavy atom. The summed E-state index contributed by atoms with van der Waals surface area (Å²) in [5, 5.41) is 12.8. The Balaban J connectivity index is 2.10. The maximum absolute atomic E-state index is 9.42. The SMILES string of the molecule is CCCNCc1ccc(N2CCCCCC2)c(C#N)c1. The first kappa shape index (κ1) is 14.9. The van der Waals surface area contributed by atoms with Crippen molar-refractivity contribution < 1.29 is 0 Å². The summed E-state index contributed by atoms with van der Waals surface area (Å²) in [6, 6.07) is 8.71. The quantitative estimate of drug-likeness (QED) is 0.834. The number of hydrogen-bond acceptors (Lipinski definition) is 3. The van der Waals surface area contributed by atoms with Crippen LogP contribution in [0, 0.1) is 11.3 Å². The zero-order chi connectivity index (χ0) is 14.2. The lowest BCUT2D eigenvalue weighted by molar-refractivity contribution is 0.675. The largest absolute Gasteiger partial charge is 0.370 e. The minimum absolute atomic E-state index is 0.822. The third-order valence-electron chi connectivity index (χ3n) is 3.88. The Morgan fingerprint density at radius 3 is 2.60 bits per heavy atom. The minimum Gasteiger partial charge on any atom is -0.370 e. The van der Waals surface area contributed by atoms with E-state index in [-0.39, 0.29) is 0 Å². The van der Waals surface area contributed by atoms with Crippen molar-refractivity contribution in [1.82, 2.24) is 5.32 Å². The Kier molecular flexibility index (Phi) is 5.88. The van der Waals surface area contributed by atoms with Gasteiger partial charge in [-0.25, -0.2) is 0 Å². The van der Waals surface area contributed by atoms with Crippen LogP contribution in [-0.4, -0.2) is 19.6 Å². The molecule has 0 unspecified atom stereocenters. The van der Waals surface area contributed by atoms with Crippen molar-refractivity contribution in [3.05, 3.63) is 29.3 Å². The summed E-state index contributed by atoms with van der Waals surface area (Å²) in [6.07, 6.45) is 6.25. The van der Waals surface area contributed by atoms with Gasteiger partial charge in [0.15, 0.2) is 0 Å². The maximum atomic E-state index is 9.42. The normalized spacial score (nSPS) is 15.7. The van der Waals surface area contributed by atoms with Crippen molar-refractivity contribution >= 4 is 5.69 Å². The summed E-state index contributed by atoms with van der Waals surface area (Å²) < 4.78 is 0. The maximum Gasteiger partial charge on any atom is 0.101 e. The third-order valence-corrected chi connectivity index (χ3v) is 3.88. The number of nitriles is 1. The molecule has 1 aliphatic rings. The number of hydrogen-bond donors (Lipinski definition) is 1. The predicted molar refractivity (Wildman–Crippen MR) is 83.8 cm³/mol. The van der Waals surface area contributed by atoms with Gasteiger partial charge in [0.2, 0.25) is 0 Å². The van der Waals surface area contributed by atoms with Crippen LogP contribution in [0.1, 0.15) is 50.2 Å². The fourth-order valence-electron chi connectivity index (χ4n) is 2.78. The van der Waals surface area contributed by atoms with Gasteiger partial charge in [0.1, 0.15) is 6.07 Å². The molecule has 1 aromatic carbocycles. The van der Waals surface area contributed by atoms with E-state index in [1.807, 2.05) is 6.07 Å². The average Bonchev–Trinajstić information content (AvgIpc) is 2.76. The molecule has 3 heteroatoms. The number of benzene rings is 1. The minimum atomic E-state index is 0.822. The molecular formula is C17H25N3. The third kappa shape index (κ3) is 3.98. The highest BCUT2D eigenvalue weighted by Crippen LogP contribution is 2.24. The summed E-state index contributed by atoms with van der Waals surface area (Å²) in [7, 11) is 0. The molecule has 1 N–H and O–H groups in total. The lowest BCUT2D eigenvalue weighted by Gasteiger charge is -2.24. The number of nitrogens with zero attached hydrogens (tertiary/aromatic N) is 2. The molecule has 0 amide bonds. The Morgan fingerprint density at radius 2 is 1.95 bits per heavy atom. The molecule has 1 saturated heterocycles. The van der Waals surface area contributed by atoms with E-state index in [1.165, 1.54) is 31.2 Å². The second kappa shape index (κ2) is 7.91. The van der Waals surface area contributed by atoms with Crippen LogP contribution in [0.2, 0.25) is 0 Å². The van der Waals surface area contributed by atoms with Gasteiger partial charge in [-0.2, -0.15) is 5.26 Å². The Labute approximate surface area is 122 Å². The van der Waals surface area contributed by atoms with Crippen LogP contribution >= 0.6 is 0 Å². The highest BCUT2D eigenvalue weighted by atomic mass is 15.1. The van der Waals surface area contributed by atoms with Gasteiger partial charge in [-0.15, -0.1) is 0 Å². The zero-order valence-corrected chi connectivity index (χ0v) is 12.5. The molecule has 3 nitrogen and oxygen atoms in total. The monoisotopic (exact) mass is 271 g/mol. The van der Waals surface area contributed by atoms with E-state index in [0.29, 0.717) is 0 Å². The molecule has 1 aromatic rings. The van der Waals surface area contributed by atoms with Crippen molar-refractivity contribution in [3.8, 4) is 6.07 Å². The first-order valence-electron chi connectivity index (χ1n) is 7.84. The van der Waals surface area contributed by atoms with E-state index in [4.69, 9.17) is 0 Å². The summed E-state index contributed by atoms with van der Waals surface area (Å²) in [4.78, 5) is 2.38. The summed E-state index contributed by atoms with van der Waals surface area (Å²) in [5.41, 5.74) is 3.14. The molecule has 1 aliphatic heterocycles. The smallest absolute Gasteiger partial charge is 0.101 e. The standard InChI is InChI=1S/C17H25N3/c1-2-9-19-14-15-7-8-17(16(12-15)13-18)20-10-5-3-4-6-11-20/h7-8,12,19H,2-6,9-11,14H2,1H3. The predicted octanol–water partition coefficient (Wildman–Crippen LogP) is 3.44. The van der Waals surface area contributed by atoms with Gasteiger partial charge in [0, 0.05) is 19.6 Å². The molecular weight excluding hydrogens is 246 g/mol. The zero-order valence-electron chi connectivity index (χ0n) is 12.5. The van der Waals surface area contributed by atoms with Crippen molar-refractivity contribution in [2.45, 2.75) is 45.6 Å². The Bertz CT molecular complexity index is 454. The summed E-state index contributed by atoms with van der Waals surface area (Å²) >= 11 is 0. The molecule has 1 fully saturated rings. The molecule has 0 bridgehead atoms. The van der Waals surface area contributed by atoms with Gasteiger partial charge in [-0.05, 0) is 43.5 Å². The van der Waals surface area contributed by atoms with Crippen LogP contribution < -0.4 is 10.2 Å². The molecule has 20 heavy (non-hydrogen) atoms. The van der Waals surface area contributed by atoms with Crippen LogP contribution in [0.15, 0.2) is 18.2 Å². The number of anilines is 1. The summed E-state index contributed by atoms with van der Waals surface area (Å²) in [6.45, 7) is 6.21. The van der Waals surface area contributed by atoms with E-state index in [9.17, 15) is 5.26 Å². The first-order valence-corrected chi connectivity index (χ1v) is 7.84. The van der Waals surface area contributed by atoms with Gasteiger partial charge < -0.3 is 10.2 Å². The van der Waals surface area contributed by atoms with E-state index in [2.05, 4.69) is 35.3 Å². The molecule has 0 atom stereocenters. The molecule has 0 aromatic heterocycles. The molecule has 0 aliphatic carbocycles. The van der Waals surface area contributed by atoms with Crippen molar-refractivity contribution in [2.75, 3.05) is 24.5 Å². The Hall–Kier alpha value is -1.53. The molecule has 108 valence electrons. The van der Waals surface area contributed by atoms with E-state index >= 15 is 0 Å².